The lowest BCUT2D eigenvalue weighted by Crippen LogP contribution is -2.07. The first-order valence-electron chi connectivity index (χ1n) is 9.08. The van der Waals surface area contributed by atoms with Gasteiger partial charge in [-0.2, -0.15) is 13.2 Å². The first-order chi connectivity index (χ1) is 14.4. The van der Waals surface area contributed by atoms with E-state index >= 15 is 0 Å². The Labute approximate surface area is 181 Å². The van der Waals surface area contributed by atoms with Crippen LogP contribution in [0.1, 0.15) is 5.56 Å². The molecule has 0 aliphatic carbocycles. The first-order valence-corrected chi connectivity index (χ1v) is 10.3. The third kappa shape index (κ3) is 3.95. The van der Waals surface area contributed by atoms with E-state index in [2.05, 4.69) is 0 Å². The fraction of sp³-hybridized carbons (Fsp3) is 0.0833. The minimum Gasteiger partial charge on any atom is -0.497 e. The zero-order chi connectivity index (χ0) is 21.3. The van der Waals surface area contributed by atoms with Gasteiger partial charge >= 0.3 is 6.18 Å². The summed E-state index contributed by atoms with van der Waals surface area (Å²) in [4.78, 5) is 0.738. The second-order valence-corrected chi connectivity index (χ2v) is 8.07. The number of benzene rings is 3. The Hall–Kier alpha value is -2.76. The monoisotopic (exact) mass is 444 g/mol. The fourth-order valence-corrected chi connectivity index (χ4v) is 4.81. The van der Waals surface area contributed by atoms with Gasteiger partial charge in [-0.05, 0) is 41.0 Å². The summed E-state index contributed by atoms with van der Waals surface area (Å²) in [5.41, 5.74) is 1.23. The molecule has 0 atom stereocenters. The Morgan fingerprint density at radius 2 is 1.30 bits per heavy atom. The molecule has 0 bridgehead atoms. The van der Waals surface area contributed by atoms with Crippen molar-refractivity contribution in [2.45, 2.75) is 6.18 Å². The summed E-state index contributed by atoms with van der Waals surface area (Å²) in [6, 6.07) is 22.2. The van der Waals surface area contributed by atoms with E-state index in [-0.39, 0.29) is 10.4 Å². The Morgan fingerprint density at radius 1 is 0.733 bits per heavy atom. The molecule has 0 fully saturated rings. The molecular formula is C24H16ClF3OS. The van der Waals surface area contributed by atoms with E-state index in [9.17, 15) is 13.2 Å². The molecule has 6 heteroatoms. The molecule has 1 heterocycles. The van der Waals surface area contributed by atoms with Crippen LogP contribution >= 0.6 is 22.9 Å². The Morgan fingerprint density at radius 3 is 1.87 bits per heavy atom. The lowest BCUT2D eigenvalue weighted by atomic mass is 9.95. The molecule has 1 aromatic heterocycles. The van der Waals surface area contributed by atoms with E-state index < -0.39 is 11.7 Å². The van der Waals surface area contributed by atoms with Crippen LogP contribution in [0.15, 0.2) is 78.9 Å². The summed E-state index contributed by atoms with van der Waals surface area (Å²) < 4.78 is 48.3. The van der Waals surface area contributed by atoms with Crippen molar-refractivity contribution in [1.82, 2.24) is 0 Å². The SMILES string of the molecule is COc1ccc(-c2c(-c3ccc(Cl)cc3)sc(-c3ccccc3)c2C(F)(F)F)cc1. The van der Waals surface area contributed by atoms with E-state index in [1.165, 1.54) is 7.11 Å². The Kier molecular flexibility index (Phi) is 5.58. The van der Waals surface area contributed by atoms with E-state index in [1.807, 2.05) is 0 Å². The van der Waals surface area contributed by atoms with Crippen molar-refractivity contribution in [2.24, 2.45) is 0 Å². The van der Waals surface area contributed by atoms with Crippen LogP contribution in [0.5, 0.6) is 5.75 Å². The smallest absolute Gasteiger partial charge is 0.418 e. The minimum atomic E-state index is -4.53. The molecule has 4 aromatic rings. The van der Waals surface area contributed by atoms with Crippen LogP contribution in [-0.4, -0.2) is 7.11 Å². The van der Waals surface area contributed by atoms with Gasteiger partial charge in [0.15, 0.2) is 0 Å². The van der Waals surface area contributed by atoms with Crippen molar-refractivity contribution in [3.05, 3.63) is 89.4 Å². The quantitative estimate of drug-likeness (QED) is 0.307. The fourth-order valence-electron chi connectivity index (χ4n) is 3.33. The van der Waals surface area contributed by atoms with Crippen molar-refractivity contribution in [2.75, 3.05) is 7.11 Å². The van der Waals surface area contributed by atoms with Crippen molar-refractivity contribution >= 4 is 22.9 Å². The van der Waals surface area contributed by atoms with Crippen LogP contribution in [0.4, 0.5) is 13.2 Å². The van der Waals surface area contributed by atoms with E-state index in [0.717, 1.165) is 11.3 Å². The molecule has 0 radical (unpaired) electrons. The maximum atomic E-state index is 14.4. The van der Waals surface area contributed by atoms with Gasteiger partial charge in [-0.3, -0.25) is 0 Å². The molecule has 4 rings (SSSR count). The van der Waals surface area contributed by atoms with Gasteiger partial charge in [-0.15, -0.1) is 11.3 Å². The van der Waals surface area contributed by atoms with Crippen molar-refractivity contribution < 1.29 is 17.9 Å². The molecule has 0 N–H and O–H groups in total. The molecule has 3 aromatic carbocycles. The molecule has 0 spiro atoms. The lowest BCUT2D eigenvalue weighted by molar-refractivity contribution is -0.136. The van der Waals surface area contributed by atoms with Crippen molar-refractivity contribution in [3.63, 3.8) is 0 Å². The van der Waals surface area contributed by atoms with E-state index in [4.69, 9.17) is 16.3 Å². The van der Waals surface area contributed by atoms with Crippen molar-refractivity contribution in [3.8, 4) is 37.8 Å². The summed E-state index contributed by atoms with van der Waals surface area (Å²) in [5.74, 6) is 0.582. The highest BCUT2D eigenvalue weighted by atomic mass is 35.5. The number of methoxy groups -OCH3 is 1. The number of ether oxygens (including phenoxy) is 1. The highest BCUT2D eigenvalue weighted by Crippen LogP contribution is 2.53. The molecule has 152 valence electrons. The van der Waals surface area contributed by atoms with Gasteiger partial charge in [-0.1, -0.05) is 66.2 Å². The van der Waals surface area contributed by atoms with Crippen LogP contribution in [-0.2, 0) is 6.18 Å². The van der Waals surface area contributed by atoms with Gasteiger partial charge in [0.25, 0.3) is 0 Å². The van der Waals surface area contributed by atoms with Crippen LogP contribution in [0.3, 0.4) is 0 Å². The summed E-state index contributed by atoms with van der Waals surface area (Å²) >= 11 is 7.14. The molecule has 0 aliphatic heterocycles. The molecular weight excluding hydrogens is 429 g/mol. The Balaban J connectivity index is 2.05. The summed E-state index contributed by atoms with van der Waals surface area (Å²) in [5, 5.41) is 0.528. The number of thiophene rings is 1. The summed E-state index contributed by atoms with van der Waals surface area (Å²) in [7, 11) is 1.52. The molecule has 0 saturated carbocycles. The van der Waals surface area contributed by atoms with Gasteiger partial charge in [0.2, 0.25) is 0 Å². The topological polar surface area (TPSA) is 9.23 Å². The zero-order valence-electron chi connectivity index (χ0n) is 15.8. The zero-order valence-corrected chi connectivity index (χ0v) is 17.4. The third-order valence-electron chi connectivity index (χ3n) is 4.71. The largest absolute Gasteiger partial charge is 0.497 e. The van der Waals surface area contributed by atoms with Gasteiger partial charge in [0.05, 0.1) is 12.7 Å². The van der Waals surface area contributed by atoms with Gasteiger partial charge in [-0.25, -0.2) is 0 Å². The number of alkyl halides is 3. The third-order valence-corrected chi connectivity index (χ3v) is 6.25. The van der Waals surface area contributed by atoms with Gasteiger partial charge < -0.3 is 4.74 Å². The van der Waals surface area contributed by atoms with Gasteiger partial charge in [0.1, 0.15) is 5.75 Å². The van der Waals surface area contributed by atoms with Crippen LogP contribution in [0.2, 0.25) is 5.02 Å². The first kappa shape index (κ1) is 20.5. The maximum Gasteiger partial charge on any atom is 0.418 e. The van der Waals surface area contributed by atoms with E-state index in [0.29, 0.717) is 32.3 Å². The highest BCUT2D eigenvalue weighted by Gasteiger charge is 2.40. The number of halogens is 4. The van der Waals surface area contributed by atoms with Crippen LogP contribution in [0, 0.1) is 0 Å². The second kappa shape index (κ2) is 8.17. The van der Waals surface area contributed by atoms with Crippen LogP contribution in [0.25, 0.3) is 32.0 Å². The summed E-state index contributed by atoms with van der Waals surface area (Å²) in [6.45, 7) is 0. The standard InChI is InChI=1S/C24H16ClF3OS/c1-29-19-13-9-15(10-14-19)20-21(24(26,27)28)23(16-5-3-2-4-6-16)30-22(20)17-7-11-18(25)12-8-17/h2-14H,1H3. The van der Waals surface area contributed by atoms with E-state index in [1.54, 1.807) is 78.9 Å². The average Bonchev–Trinajstić information content (AvgIpc) is 3.16. The van der Waals surface area contributed by atoms with Gasteiger partial charge in [0, 0.05) is 20.3 Å². The second-order valence-electron chi connectivity index (χ2n) is 6.61. The predicted octanol–water partition coefficient (Wildman–Crippen LogP) is 8.43. The number of hydrogen-bond acceptors (Lipinski definition) is 2. The Bertz CT molecular complexity index is 1150. The maximum absolute atomic E-state index is 14.4. The molecule has 0 amide bonds. The molecule has 1 nitrogen and oxygen atoms in total. The van der Waals surface area contributed by atoms with Crippen molar-refractivity contribution in [1.29, 1.82) is 0 Å². The molecule has 0 unspecified atom stereocenters. The van der Waals surface area contributed by atoms with Crippen LogP contribution < -0.4 is 4.74 Å². The molecule has 0 aliphatic rings. The summed E-state index contributed by atoms with van der Waals surface area (Å²) in [6.07, 6.45) is -4.53. The normalized spacial score (nSPS) is 11.5. The number of rotatable bonds is 4. The average molecular weight is 445 g/mol. The molecule has 30 heavy (non-hydrogen) atoms. The lowest BCUT2D eigenvalue weighted by Gasteiger charge is -2.13. The predicted molar refractivity (Wildman–Crippen MR) is 117 cm³/mol. The highest BCUT2D eigenvalue weighted by molar-refractivity contribution is 7.19. The minimum absolute atomic E-state index is 0.163. The molecule has 0 saturated heterocycles. The number of hydrogen-bond donors (Lipinski definition) is 0.